The van der Waals surface area contributed by atoms with E-state index in [0.717, 1.165) is 46.4 Å². The number of carbonyl (C=O) groups is 1. The van der Waals surface area contributed by atoms with Crippen LogP contribution in [-0.4, -0.2) is 22.4 Å². The quantitative estimate of drug-likeness (QED) is 0.761. The zero-order chi connectivity index (χ0) is 19.5. The van der Waals surface area contributed by atoms with Gasteiger partial charge in [0.15, 0.2) is 0 Å². The summed E-state index contributed by atoms with van der Waals surface area (Å²) in [6.45, 7) is 0. The van der Waals surface area contributed by atoms with Crippen molar-refractivity contribution < 1.29 is 32.0 Å². The molecule has 2 heterocycles. The van der Waals surface area contributed by atoms with Crippen molar-refractivity contribution in [3.05, 3.63) is 59.2 Å². The Bertz CT molecular complexity index is 916. The van der Waals surface area contributed by atoms with E-state index in [1.807, 2.05) is 0 Å². The highest BCUT2D eigenvalue weighted by atomic mass is 19.4. The number of amides is 1. The molecule has 2 aliphatic rings. The fraction of sp³-hybridized carbons (Fsp3) is 0.235. The normalized spacial score (nSPS) is 20.1. The lowest BCUT2D eigenvalue weighted by molar-refractivity contribution is -0.137. The van der Waals surface area contributed by atoms with Crippen molar-refractivity contribution in [3.8, 4) is 0 Å². The summed E-state index contributed by atoms with van der Waals surface area (Å²) >= 11 is 0. The van der Waals surface area contributed by atoms with E-state index in [0.29, 0.717) is 5.28 Å². The molecular formula is C17H12F5N3O2. The predicted octanol–water partition coefficient (Wildman–Crippen LogP) is 3.67. The maximum Gasteiger partial charge on any atom is 0.416 e. The van der Waals surface area contributed by atoms with Crippen LogP contribution in [0, 0.1) is 11.6 Å². The molecule has 1 unspecified atom stereocenters. The number of rotatable bonds is 1. The number of halogens is 5. The van der Waals surface area contributed by atoms with Crippen molar-refractivity contribution in [2.24, 2.45) is 0 Å². The Kier molecular flexibility index (Phi) is 3.86. The summed E-state index contributed by atoms with van der Waals surface area (Å²) in [6.07, 6.45) is -4.36. The van der Waals surface area contributed by atoms with E-state index in [1.165, 1.54) is 0 Å². The van der Waals surface area contributed by atoms with Crippen LogP contribution in [0.15, 0.2) is 36.4 Å². The zero-order valence-electron chi connectivity index (χ0n) is 13.5. The molecule has 1 amide bonds. The minimum atomic E-state index is -4.55. The Morgan fingerprint density at radius 2 is 1.63 bits per heavy atom. The minimum absolute atomic E-state index is 0.0207. The minimum Gasteiger partial charge on any atom is -0.276 e. The number of hydrogen-bond acceptors (Lipinski definition) is 4. The molecule has 0 aromatic heterocycles. The zero-order valence-corrected chi connectivity index (χ0v) is 13.5. The Morgan fingerprint density at radius 3 is 2.26 bits per heavy atom. The third kappa shape index (κ3) is 2.63. The van der Waals surface area contributed by atoms with Gasteiger partial charge in [-0.25, -0.2) is 13.8 Å². The second kappa shape index (κ2) is 5.89. The predicted molar refractivity (Wildman–Crippen MR) is 83.5 cm³/mol. The van der Waals surface area contributed by atoms with Crippen molar-refractivity contribution in [1.82, 2.24) is 5.28 Å². The summed E-state index contributed by atoms with van der Waals surface area (Å²) in [7, 11) is 0. The van der Waals surface area contributed by atoms with Crippen LogP contribution in [0.2, 0.25) is 0 Å². The summed E-state index contributed by atoms with van der Waals surface area (Å²) in [5.74, 6) is -2.15. The first-order valence-electron chi connectivity index (χ1n) is 7.96. The van der Waals surface area contributed by atoms with Gasteiger partial charge in [0, 0.05) is 10.8 Å². The van der Waals surface area contributed by atoms with Crippen LogP contribution < -0.4 is 10.0 Å². The van der Waals surface area contributed by atoms with Crippen LogP contribution in [0.25, 0.3) is 0 Å². The van der Waals surface area contributed by atoms with Gasteiger partial charge in [0.2, 0.25) is 0 Å². The van der Waals surface area contributed by atoms with E-state index >= 15 is 0 Å². The molecule has 5 nitrogen and oxygen atoms in total. The number of hydrogen-bond donors (Lipinski definition) is 1. The second-order valence-electron chi connectivity index (χ2n) is 6.22. The Balaban J connectivity index is 1.74. The summed E-state index contributed by atoms with van der Waals surface area (Å²) in [5.41, 5.74) is -1.20. The summed E-state index contributed by atoms with van der Waals surface area (Å²) in [4.78, 5) is 12.7. The van der Waals surface area contributed by atoms with Gasteiger partial charge in [0.25, 0.3) is 5.91 Å². The van der Waals surface area contributed by atoms with Crippen LogP contribution >= 0.6 is 0 Å². The molecule has 142 valence electrons. The van der Waals surface area contributed by atoms with Crippen molar-refractivity contribution in [1.29, 1.82) is 0 Å². The van der Waals surface area contributed by atoms with Crippen molar-refractivity contribution >= 4 is 17.3 Å². The molecule has 1 saturated heterocycles. The molecule has 1 atom stereocenters. The number of anilines is 2. The maximum absolute atomic E-state index is 14.3. The van der Waals surface area contributed by atoms with Crippen LogP contribution in [-0.2, 0) is 17.4 Å². The first-order valence-corrected chi connectivity index (χ1v) is 7.96. The number of fused-ring (bicyclic) bond motifs is 3. The summed E-state index contributed by atoms with van der Waals surface area (Å²) in [6, 6.07) is 4.42. The van der Waals surface area contributed by atoms with E-state index in [9.17, 15) is 32.0 Å². The highest BCUT2D eigenvalue weighted by molar-refractivity contribution is 6.01. The van der Waals surface area contributed by atoms with Crippen molar-refractivity contribution in [2.45, 2.75) is 25.1 Å². The summed E-state index contributed by atoms with van der Waals surface area (Å²) in [5, 5.41) is 12.4. The third-order valence-corrected chi connectivity index (χ3v) is 4.67. The van der Waals surface area contributed by atoms with Gasteiger partial charge < -0.3 is 0 Å². The molecule has 0 spiro atoms. The number of nitrogens with zero attached hydrogens (tertiary/aromatic N) is 3. The second-order valence-corrected chi connectivity index (χ2v) is 6.22. The van der Waals surface area contributed by atoms with Gasteiger partial charge in [-0.2, -0.15) is 18.2 Å². The molecular weight excluding hydrogens is 373 g/mol. The van der Waals surface area contributed by atoms with Gasteiger partial charge in [0.05, 0.1) is 16.9 Å². The molecule has 2 aliphatic heterocycles. The first kappa shape index (κ1) is 17.7. The lowest BCUT2D eigenvalue weighted by Crippen LogP contribution is -2.46. The average molecular weight is 385 g/mol. The van der Waals surface area contributed by atoms with Crippen LogP contribution in [0.5, 0.6) is 0 Å². The van der Waals surface area contributed by atoms with Crippen molar-refractivity contribution in [2.75, 3.05) is 10.0 Å². The van der Waals surface area contributed by atoms with Gasteiger partial charge in [0.1, 0.15) is 17.7 Å². The highest BCUT2D eigenvalue weighted by Crippen LogP contribution is 2.41. The molecule has 2 aromatic carbocycles. The van der Waals surface area contributed by atoms with Crippen LogP contribution in [0.4, 0.5) is 33.3 Å². The molecule has 0 radical (unpaired) electrons. The Hall–Kier alpha value is -2.72. The SMILES string of the molecule is O=C1C2CCc3c(F)ccc(F)c3N2N(O)N1c1ccc(C(F)(F)F)cc1. The molecule has 0 bridgehead atoms. The molecule has 27 heavy (non-hydrogen) atoms. The Morgan fingerprint density at radius 1 is 1.00 bits per heavy atom. The van der Waals surface area contributed by atoms with E-state index in [2.05, 4.69) is 0 Å². The lowest BCUT2D eigenvalue weighted by atomic mass is 9.96. The topological polar surface area (TPSA) is 47.0 Å². The van der Waals surface area contributed by atoms with Gasteiger partial charge in [-0.15, -0.1) is 0 Å². The molecule has 1 fully saturated rings. The fourth-order valence-corrected chi connectivity index (χ4v) is 3.42. The third-order valence-electron chi connectivity index (χ3n) is 4.67. The number of alkyl halides is 3. The van der Waals surface area contributed by atoms with Crippen LogP contribution in [0.1, 0.15) is 17.5 Å². The molecule has 0 aliphatic carbocycles. The smallest absolute Gasteiger partial charge is 0.276 e. The van der Waals surface area contributed by atoms with E-state index in [-0.39, 0.29) is 29.8 Å². The number of hydrazine groups is 2. The fourth-order valence-electron chi connectivity index (χ4n) is 3.42. The number of benzene rings is 2. The molecule has 4 rings (SSSR count). The molecule has 2 aromatic rings. The van der Waals surface area contributed by atoms with E-state index < -0.39 is 35.3 Å². The maximum atomic E-state index is 14.3. The number of carbonyl (C=O) groups excluding carboxylic acids is 1. The Labute approximate surface area is 149 Å². The van der Waals surface area contributed by atoms with Crippen molar-refractivity contribution in [3.63, 3.8) is 0 Å². The average Bonchev–Trinajstić information content (AvgIpc) is 2.88. The lowest BCUT2D eigenvalue weighted by Gasteiger charge is -2.34. The largest absolute Gasteiger partial charge is 0.416 e. The highest BCUT2D eigenvalue weighted by Gasteiger charge is 2.49. The van der Waals surface area contributed by atoms with Gasteiger partial charge in [-0.3, -0.25) is 10.0 Å². The van der Waals surface area contributed by atoms with E-state index in [4.69, 9.17) is 0 Å². The first-order chi connectivity index (χ1) is 12.7. The van der Waals surface area contributed by atoms with Crippen LogP contribution in [0.3, 0.4) is 0 Å². The van der Waals surface area contributed by atoms with Gasteiger partial charge >= 0.3 is 6.18 Å². The molecule has 1 N–H and O–H groups in total. The van der Waals surface area contributed by atoms with Gasteiger partial charge in [-0.1, -0.05) is 0 Å². The molecule has 0 saturated carbocycles. The summed E-state index contributed by atoms with van der Waals surface area (Å²) < 4.78 is 66.5. The van der Waals surface area contributed by atoms with Gasteiger partial charge in [-0.05, 0) is 49.2 Å². The van der Waals surface area contributed by atoms with E-state index in [1.54, 1.807) is 0 Å². The molecule has 10 heteroatoms. The monoisotopic (exact) mass is 385 g/mol. The standard InChI is InChI=1S/C17H12F5N3O2/c18-12-6-7-13(19)15-11(12)5-8-14-16(26)23(25(27)24(14)15)10-3-1-9(2-4-10)17(20,21)22/h1-4,6-7,14,27H,5,8H2.